The Morgan fingerprint density at radius 3 is 2.76 bits per heavy atom. The highest BCUT2D eigenvalue weighted by molar-refractivity contribution is 5.98. The lowest BCUT2D eigenvalue weighted by atomic mass is 9.72. The molecular formula is C21H27N5O3. The number of nitrogens with one attached hydrogen (secondary N) is 2. The first-order valence-corrected chi connectivity index (χ1v) is 10.0. The molecule has 0 spiro atoms. The third kappa shape index (κ3) is 4.04. The summed E-state index contributed by atoms with van der Waals surface area (Å²) in [5, 5.41) is 19.8. The van der Waals surface area contributed by atoms with Gasteiger partial charge in [-0.05, 0) is 38.5 Å². The Hall–Kier alpha value is -2.71. The van der Waals surface area contributed by atoms with Crippen LogP contribution in [0.3, 0.4) is 0 Å². The average Bonchev–Trinajstić information content (AvgIpc) is 3.11. The average molecular weight is 397 g/mol. The van der Waals surface area contributed by atoms with Gasteiger partial charge in [0.15, 0.2) is 5.69 Å². The molecule has 1 atom stereocenters. The number of hydrogen-bond acceptors (Lipinski definition) is 5. The van der Waals surface area contributed by atoms with Gasteiger partial charge in [0, 0.05) is 24.6 Å². The van der Waals surface area contributed by atoms with Gasteiger partial charge in [-0.2, -0.15) is 5.10 Å². The van der Waals surface area contributed by atoms with E-state index in [1.165, 1.54) is 16.3 Å². The number of benzene rings is 1. The molecule has 1 aromatic heterocycles. The van der Waals surface area contributed by atoms with Gasteiger partial charge in [-0.25, -0.2) is 0 Å². The molecule has 1 fully saturated rings. The largest absolute Gasteiger partial charge is 0.389 e. The van der Waals surface area contributed by atoms with Gasteiger partial charge in [-0.1, -0.05) is 30.3 Å². The number of aromatic nitrogens is 2. The van der Waals surface area contributed by atoms with Crippen LogP contribution in [0.4, 0.5) is 0 Å². The topological polar surface area (TPSA) is 99.5 Å². The number of β-amino-alcohol motifs (C(OH)–C–C–N with tert-alkyl or cyclic N) is 1. The Kier molecular flexibility index (Phi) is 5.38. The third-order valence-corrected chi connectivity index (χ3v) is 6.04. The fraction of sp³-hybridized carbons (Fsp3) is 0.476. The zero-order valence-electron chi connectivity index (χ0n) is 16.6. The Labute approximate surface area is 169 Å². The first-order chi connectivity index (χ1) is 14.0. The van der Waals surface area contributed by atoms with Crippen molar-refractivity contribution < 1.29 is 14.7 Å². The van der Waals surface area contributed by atoms with E-state index in [1.807, 2.05) is 18.2 Å². The van der Waals surface area contributed by atoms with E-state index in [-0.39, 0.29) is 36.0 Å². The quantitative estimate of drug-likeness (QED) is 0.693. The molecule has 2 aliphatic rings. The molecule has 2 aromatic rings. The van der Waals surface area contributed by atoms with Gasteiger partial charge in [0.05, 0.1) is 12.6 Å². The summed E-state index contributed by atoms with van der Waals surface area (Å²) in [6.07, 6.45) is 1.20. The number of piperidine rings is 1. The summed E-state index contributed by atoms with van der Waals surface area (Å²) < 4.78 is 1.41. The minimum absolute atomic E-state index is 0.117. The van der Waals surface area contributed by atoms with Crippen molar-refractivity contribution in [3.05, 3.63) is 53.3 Å². The van der Waals surface area contributed by atoms with Gasteiger partial charge < -0.3 is 20.6 Å². The number of hydrogen-bond donors (Lipinski definition) is 3. The molecule has 8 heteroatoms. The molecule has 1 aromatic carbocycles. The van der Waals surface area contributed by atoms with Crippen LogP contribution in [-0.2, 0) is 12.0 Å². The van der Waals surface area contributed by atoms with Crippen molar-refractivity contribution in [2.75, 3.05) is 33.2 Å². The molecule has 0 bridgehead atoms. The molecule has 3 N–H and O–H groups in total. The Balaban J connectivity index is 1.51. The highest BCUT2D eigenvalue weighted by atomic mass is 16.3. The molecule has 4 rings (SSSR count). The molecule has 1 unspecified atom stereocenters. The summed E-state index contributed by atoms with van der Waals surface area (Å²) in [5.41, 5.74) is 1.61. The predicted molar refractivity (Wildman–Crippen MR) is 108 cm³/mol. The molecule has 29 heavy (non-hydrogen) atoms. The van der Waals surface area contributed by atoms with Gasteiger partial charge in [-0.15, -0.1) is 0 Å². The Morgan fingerprint density at radius 2 is 2.03 bits per heavy atom. The minimum atomic E-state index is -0.725. The number of amides is 2. The Morgan fingerprint density at radius 1 is 1.31 bits per heavy atom. The van der Waals surface area contributed by atoms with Crippen LogP contribution < -0.4 is 10.6 Å². The first kappa shape index (κ1) is 19.6. The summed E-state index contributed by atoms with van der Waals surface area (Å²) >= 11 is 0. The van der Waals surface area contributed by atoms with Crippen molar-refractivity contribution in [2.24, 2.45) is 0 Å². The molecule has 0 saturated carbocycles. The number of nitrogens with zero attached hydrogens (tertiary/aromatic N) is 3. The van der Waals surface area contributed by atoms with Crippen LogP contribution in [0.1, 0.15) is 39.4 Å². The van der Waals surface area contributed by atoms with Crippen molar-refractivity contribution in [1.82, 2.24) is 25.3 Å². The van der Waals surface area contributed by atoms with Gasteiger partial charge >= 0.3 is 0 Å². The van der Waals surface area contributed by atoms with Crippen LogP contribution in [-0.4, -0.2) is 70.9 Å². The lowest BCUT2D eigenvalue weighted by Gasteiger charge is -2.41. The Bertz CT molecular complexity index is 887. The minimum Gasteiger partial charge on any atom is -0.389 e. The molecular weight excluding hydrogens is 370 g/mol. The molecule has 154 valence electrons. The number of carbonyl (C=O) groups is 2. The van der Waals surface area contributed by atoms with Crippen molar-refractivity contribution in [2.45, 2.75) is 30.9 Å². The summed E-state index contributed by atoms with van der Waals surface area (Å²) in [7, 11) is 2.12. The third-order valence-electron chi connectivity index (χ3n) is 6.04. The van der Waals surface area contributed by atoms with Crippen molar-refractivity contribution >= 4 is 11.8 Å². The fourth-order valence-electron chi connectivity index (χ4n) is 4.16. The zero-order valence-corrected chi connectivity index (χ0v) is 16.6. The number of aliphatic hydroxyl groups is 1. The van der Waals surface area contributed by atoms with Crippen LogP contribution in [0.2, 0.25) is 0 Å². The van der Waals surface area contributed by atoms with Crippen molar-refractivity contribution in [3.63, 3.8) is 0 Å². The van der Waals surface area contributed by atoms with E-state index in [2.05, 4.69) is 39.8 Å². The number of likely N-dealkylation sites (tertiary alicyclic amines) is 1. The summed E-state index contributed by atoms with van der Waals surface area (Å²) in [5.74, 6) is -0.633. The van der Waals surface area contributed by atoms with E-state index in [0.29, 0.717) is 12.2 Å². The van der Waals surface area contributed by atoms with E-state index in [9.17, 15) is 14.7 Å². The number of fused-ring (bicyclic) bond motifs is 1. The monoisotopic (exact) mass is 397 g/mol. The summed E-state index contributed by atoms with van der Waals surface area (Å²) in [6, 6.07) is 11.8. The maximum atomic E-state index is 12.8. The normalized spacial score (nSPS) is 21.7. The number of carbonyl (C=O) groups excluding carboxylic acids is 2. The highest BCUT2D eigenvalue weighted by Gasteiger charge is 2.36. The van der Waals surface area contributed by atoms with Gasteiger partial charge in [0.25, 0.3) is 11.8 Å². The summed E-state index contributed by atoms with van der Waals surface area (Å²) in [4.78, 5) is 27.3. The molecule has 2 aliphatic heterocycles. The lowest BCUT2D eigenvalue weighted by Crippen LogP contribution is -2.48. The number of rotatable bonds is 4. The zero-order chi connectivity index (χ0) is 20.4. The molecule has 0 radical (unpaired) electrons. The van der Waals surface area contributed by atoms with Gasteiger partial charge in [-0.3, -0.25) is 14.3 Å². The van der Waals surface area contributed by atoms with Gasteiger partial charge in [0.2, 0.25) is 0 Å². The second-order valence-corrected chi connectivity index (χ2v) is 8.09. The standard InChI is InChI=1S/C21H27N5O3/c1-25-9-7-21(8-10-25,15-5-3-2-4-6-15)14-23-19(28)17-11-18-20(29)22-12-16(27)13-26(18)24-17/h2-6,11,16,27H,7-10,12-14H2,1H3,(H,22,29)(H,23,28). The molecule has 0 aliphatic carbocycles. The number of aliphatic hydroxyl groups excluding tert-OH is 1. The van der Waals surface area contributed by atoms with Crippen molar-refractivity contribution in [3.8, 4) is 0 Å². The van der Waals surface area contributed by atoms with Crippen LogP contribution in [0.5, 0.6) is 0 Å². The van der Waals surface area contributed by atoms with E-state index in [1.54, 1.807) is 0 Å². The van der Waals surface area contributed by atoms with Gasteiger partial charge in [0.1, 0.15) is 5.69 Å². The molecule has 3 heterocycles. The van der Waals surface area contributed by atoms with Crippen LogP contribution >= 0.6 is 0 Å². The van der Waals surface area contributed by atoms with Crippen LogP contribution in [0, 0.1) is 0 Å². The second kappa shape index (κ2) is 7.96. The smallest absolute Gasteiger partial charge is 0.271 e. The van der Waals surface area contributed by atoms with Crippen molar-refractivity contribution in [1.29, 1.82) is 0 Å². The van der Waals surface area contributed by atoms with E-state index in [4.69, 9.17) is 0 Å². The second-order valence-electron chi connectivity index (χ2n) is 8.09. The maximum absolute atomic E-state index is 12.8. The lowest BCUT2D eigenvalue weighted by molar-refractivity contribution is 0.0920. The first-order valence-electron chi connectivity index (χ1n) is 10.0. The van der Waals surface area contributed by atoms with Crippen LogP contribution in [0.25, 0.3) is 0 Å². The fourth-order valence-corrected chi connectivity index (χ4v) is 4.16. The van der Waals surface area contributed by atoms with E-state index < -0.39 is 6.10 Å². The summed E-state index contributed by atoms with van der Waals surface area (Å²) in [6.45, 7) is 2.82. The maximum Gasteiger partial charge on any atom is 0.271 e. The highest BCUT2D eigenvalue weighted by Crippen LogP contribution is 2.34. The molecule has 1 saturated heterocycles. The molecule has 2 amide bonds. The SMILES string of the molecule is CN1CCC(CNC(=O)c2cc3n(n2)CC(O)CNC3=O)(c2ccccc2)CC1. The molecule has 8 nitrogen and oxygen atoms in total. The van der Waals surface area contributed by atoms with E-state index >= 15 is 0 Å². The van der Waals surface area contributed by atoms with Crippen LogP contribution in [0.15, 0.2) is 36.4 Å². The van der Waals surface area contributed by atoms with E-state index in [0.717, 1.165) is 25.9 Å². The predicted octanol–water partition coefficient (Wildman–Crippen LogP) is 0.381.